The number of pyridine rings is 1. The lowest BCUT2D eigenvalue weighted by molar-refractivity contribution is 0.101. The fraction of sp³-hybridized carbons (Fsp3) is 0.294. The second kappa shape index (κ2) is 6.39. The summed E-state index contributed by atoms with van der Waals surface area (Å²) in [6.45, 7) is 5.57. The summed E-state index contributed by atoms with van der Waals surface area (Å²) in [5.41, 5.74) is 4.52. The van der Waals surface area contributed by atoms with Gasteiger partial charge in [-0.2, -0.15) is 0 Å². The minimum Gasteiger partial charge on any atom is -0.481 e. The van der Waals surface area contributed by atoms with Crippen LogP contribution in [-0.4, -0.2) is 17.9 Å². The van der Waals surface area contributed by atoms with Gasteiger partial charge >= 0.3 is 0 Å². The van der Waals surface area contributed by atoms with E-state index in [0.717, 1.165) is 29.1 Å². The summed E-state index contributed by atoms with van der Waals surface area (Å²) in [7, 11) is 1.63. The largest absolute Gasteiger partial charge is 0.481 e. The Morgan fingerprint density at radius 3 is 2.48 bits per heavy atom. The SMILES string of the molecule is CCc1cc(Nc2ccc(C(C)=O)cc2)c(C)nc1OC. The number of aryl methyl sites for hydroxylation is 2. The van der Waals surface area contributed by atoms with Crippen LogP contribution in [0.3, 0.4) is 0 Å². The van der Waals surface area contributed by atoms with E-state index in [0.29, 0.717) is 11.4 Å². The molecule has 4 nitrogen and oxygen atoms in total. The predicted molar refractivity (Wildman–Crippen MR) is 84.6 cm³/mol. The van der Waals surface area contributed by atoms with Crippen molar-refractivity contribution >= 4 is 17.2 Å². The standard InChI is InChI=1S/C17H20N2O2/c1-5-13-10-16(11(2)18-17(13)21-4)19-15-8-6-14(7-9-15)12(3)20/h6-10,19H,5H2,1-4H3. The molecule has 0 unspecified atom stereocenters. The van der Waals surface area contributed by atoms with Gasteiger partial charge in [0.2, 0.25) is 5.88 Å². The van der Waals surface area contributed by atoms with Gasteiger partial charge in [0.05, 0.1) is 18.5 Å². The average Bonchev–Trinajstić information content (AvgIpc) is 2.49. The summed E-state index contributed by atoms with van der Waals surface area (Å²) in [5.74, 6) is 0.740. The van der Waals surface area contributed by atoms with Crippen molar-refractivity contribution in [2.24, 2.45) is 0 Å². The van der Waals surface area contributed by atoms with E-state index in [9.17, 15) is 4.79 Å². The number of hydrogen-bond acceptors (Lipinski definition) is 4. The number of rotatable bonds is 5. The third kappa shape index (κ3) is 3.40. The molecule has 0 fully saturated rings. The zero-order chi connectivity index (χ0) is 15.4. The first-order chi connectivity index (χ1) is 10.0. The highest BCUT2D eigenvalue weighted by Crippen LogP contribution is 2.26. The van der Waals surface area contributed by atoms with Gasteiger partial charge in [0, 0.05) is 16.8 Å². The molecular formula is C17H20N2O2. The highest BCUT2D eigenvalue weighted by Gasteiger charge is 2.09. The molecule has 2 rings (SSSR count). The smallest absolute Gasteiger partial charge is 0.216 e. The first-order valence-electron chi connectivity index (χ1n) is 6.97. The number of nitrogens with one attached hydrogen (secondary N) is 1. The van der Waals surface area contributed by atoms with Gasteiger partial charge in [-0.1, -0.05) is 6.92 Å². The van der Waals surface area contributed by atoms with Gasteiger partial charge in [0.25, 0.3) is 0 Å². The number of Topliss-reactive ketones (excluding diaryl/α,β-unsaturated/α-hetero) is 1. The van der Waals surface area contributed by atoms with Crippen molar-refractivity contribution in [2.45, 2.75) is 27.2 Å². The topological polar surface area (TPSA) is 51.2 Å². The summed E-state index contributed by atoms with van der Waals surface area (Å²) < 4.78 is 5.29. The number of carbonyl (C=O) groups excluding carboxylic acids is 1. The van der Waals surface area contributed by atoms with Gasteiger partial charge < -0.3 is 10.1 Å². The highest BCUT2D eigenvalue weighted by atomic mass is 16.5. The molecule has 0 saturated carbocycles. The highest BCUT2D eigenvalue weighted by molar-refractivity contribution is 5.94. The molecule has 21 heavy (non-hydrogen) atoms. The second-order valence-electron chi connectivity index (χ2n) is 4.90. The number of aromatic nitrogens is 1. The lowest BCUT2D eigenvalue weighted by atomic mass is 10.1. The molecule has 0 saturated heterocycles. The van der Waals surface area contributed by atoms with E-state index in [1.165, 1.54) is 0 Å². The van der Waals surface area contributed by atoms with E-state index < -0.39 is 0 Å². The Hall–Kier alpha value is -2.36. The van der Waals surface area contributed by atoms with Crippen LogP contribution in [0.4, 0.5) is 11.4 Å². The molecule has 1 aromatic carbocycles. The van der Waals surface area contributed by atoms with E-state index in [1.54, 1.807) is 14.0 Å². The molecule has 1 heterocycles. The lowest BCUT2D eigenvalue weighted by Gasteiger charge is -2.13. The van der Waals surface area contributed by atoms with E-state index in [4.69, 9.17) is 4.74 Å². The first-order valence-corrected chi connectivity index (χ1v) is 6.97. The Bertz CT molecular complexity index is 649. The fourth-order valence-electron chi connectivity index (χ4n) is 2.13. The average molecular weight is 284 g/mol. The van der Waals surface area contributed by atoms with Crippen LogP contribution in [0.2, 0.25) is 0 Å². The van der Waals surface area contributed by atoms with Crippen LogP contribution in [0.1, 0.15) is 35.5 Å². The van der Waals surface area contributed by atoms with Crippen LogP contribution in [0.25, 0.3) is 0 Å². The third-order valence-corrected chi connectivity index (χ3v) is 3.40. The summed E-state index contributed by atoms with van der Waals surface area (Å²) >= 11 is 0. The second-order valence-corrected chi connectivity index (χ2v) is 4.90. The number of nitrogens with zero attached hydrogens (tertiary/aromatic N) is 1. The van der Waals surface area contributed by atoms with Crippen molar-refractivity contribution in [3.8, 4) is 5.88 Å². The molecule has 0 aliphatic carbocycles. The zero-order valence-corrected chi connectivity index (χ0v) is 12.9. The van der Waals surface area contributed by atoms with Crippen molar-refractivity contribution < 1.29 is 9.53 Å². The van der Waals surface area contributed by atoms with Crippen molar-refractivity contribution in [3.05, 3.63) is 47.2 Å². The Kier molecular flexibility index (Phi) is 4.58. The van der Waals surface area contributed by atoms with E-state index >= 15 is 0 Å². The van der Waals surface area contributed by atoms with Gasteiger partial charge in [-0.15, -0.1) is 0 Å². The molecule has 0 bridgehead atoms. The number of methoxy groups -OCH3 is 1. The van der Waals surface area contributed by atoms with Crippen LogP contribution in [0.15, 0.2) is 30.3 Å². The Labute approximate surface area is 125 Å². The molecule has 1 N–H and O–H groups in total. The van der Waals surface area contributed by atoms with Gasteiger partial charge in [-0.25, -0.2) is 4.98 Å². The Balaban J connectivity index is 2.28. The van der Waals surface area contributed by atoms with Crippen molar-refractivity contribution in [2.75, 3.05) is 12.4 Å². The minimum absolute atomic E-state index is 0.0668. The van der Waals surface area contributed by atoms with Crippen LogP contribution in [-0.2, 0) is 6.42 Å². The summed E-state index contributed by atoms with van der Waals surface area (Å²) in [4.78, 5) is 15.7. The maximum Gasteiger partial charge on any atom is 0.216 e. The molecule has 1 aromatic heterocycles. The van der Waals surface area contributed by atoms with E-state index in [-0.39, 0.29) is 5.78 Å². The number of anilines is 2. The number of ketones is 1. The molecule has 4 heteroatoms. The Morgan fingerprint density at radius 2 is 1.95 bits per heavy atom. The number of benzene rings is 1. The van der Waals surface area contributed by atoms with Gasteiger partial charge in [0.1, 0.15) is 0 Å². The van der Waals surface area contributed by atoms with Crippen LogP contribution < -0.4 is 10.1 Å². The molecule has 110 valence electrons. The van der Waals surface area contributed by atoms with E-state index in [2.05, 4.69) is 23.3 Å². The van der Waals surface area contributed by atoms with Crippen LogP contribution in [0.5, 0.6) is 5.88 Å². The number of carbonyl (C=O) groups is 1. The van der Waals surface area contributed by atoms with Crippen molar-refractivity contribution in [1.29, 1.82) is 0 Å². The first kappa shape index (κ1) is 15.0. The van der Waals surface area contributed by atoms with E-state index in [1.807, 2.05) is 31.2 Å². The molecule has 2 aromatic rings. The molecule has 0 spiro atoms. The molecule has 0 atom stereocenters. The fourth-order valence-corrected chi connectivity index (χ4v) is 2.13. The maximum absolute atomic E-state index is 11.3. The normalized spacial score (nSPS) is 10.3. The van der Waals surface area contributed by atoms with Crippen molar-refractivity contribution in [1.82, 2.24) is 4.98 Å². The Morgan fingerprint density at radius 1 is 1.29 bits per heavy atom. The van der Waals surface area contributed by atoms with Gasteiger partial charge in [0.15, 0.2) is 5.78 Å². The molecule has 0 aliphatic heterocycles. The van der Waals surface area contributed by atoms with Crippen molar-refractivity contribution in [3.63, 3.8) is 0 Å². The number of ether oxygens (including phenoxy) is 1. The predicted octanol–water partition coefficient (Wildman–Crippen LogP) is 3.91. The van der Waals surface area contributed by atoms with Crippen LogP contribution >= 0.6 is 0 Å². The molecule has 0 aliphatic rings. The lowest BCUT2D eigenvalue weighted by Crippen LogP contribution is -2.01. The molecule has 0 amide bonds. The minimum atomic E-state index is 0.0668. The van der Waals surface area contributed by atoms with Gasteiger partial charge in [-0.05, 0) is 50.6 Å². The van der Waals surface area contributed by atoms with Gasteiger partial charge in [-0.3, -0.25) is 4.79 Å². The summed E-state index contributed by atoms with van der Waals surface area (Å²) in [5, 5.41) is 3.34. The zero-order valence-electron chi connectivity index (χ0n) is 12.9. The third-order valence-electron chi connectivity index (χ3n) is 3.40. The van der Waals surface area contributed by atoms with Crippen LogP contribution in [0, 0.1) is 6.92 Å². The maximum atomic E-state index is 11.3. The summed E-state index contributed by atoms with van der Waals surface area (Å²) in [6.07, 6.45) is 0.856. The quantitative estimate of drug-likeness (QED) is 0.846. The molecule has 0 radical (unpaired) electrons. The monoisotopic (exact) mass is 284 g/mol. The summed E-state index contributed by atoms with van der Waals surface area (Å²) in [6, 6.07) is 9.48. The number of hydrogen-bond donors (Lipinski definition) is 1. The molecular weight excluding hydrogens is 264 g/mol.